The Morgan fingerprint density at radius 1 is 1.22 bits per heavy atom. The topological polar surface area (TPSA) is 86.7 Å². The molecule has 0 fully saturated rings. The fraction of sp³-hybridized carbons (Fsp3) is 0.750. The van der Waals surface area contributed by atoms with Crippen molar-refractivity contribution in [2.75, 3.05) is 6.54 Å². The van der Waals surface area contributed by atoms with Crippen LogP contribution < -0.4 is 5.32 Å². The lowest BCUT2D eigenvalue weighted by Gasteiger charge is -2.26. The predicted octanol–water partition coefficient (Wildman–Crippen LogP) is 1.60. The van der Waals surface area contributed by atoms with Crippen LogP contribution in [0.3, 0.4) is 0 Å². The summed E-state index contributed by atoms with van der Waals surface area (Å²) in [6.45, 7) is 6.30. The fourth-order valence-corrected chi connectivity index (χ4v) is 1.49. The fourth-order valence-electron chi connectivity index (χ4n) is 1.49. The van der Waals surface area contributed by atoms with Gasteiger partial charge in [0.1, 0.15) is 0 Å². The van der Waals surface area contributed by atoms with Crippen molar-refractivity contribution in [1.82, 2.24) is 10.2 Å². The van der Waals surface area contributed by atoms with Crippen LogP contribution in [0.4, 0.5) is 4.79 Å². The minimum atomic E-state index is -0.941. The van der Waals surface area contributed by atoms with Gasteiger partial charge in [-0.3, -0.25) is 14.9 Å². The van der Waals surface area contributed by atoms with Gasteiger partial charge in [0, 0.05) is 25.4 Å². The van der Waals surface area contributed by atoms with Crippen molar-refractivity contribution in [3.8, 4) is 0 Å². The van der Waals surface area contributed by atoms with Crippen LogP contribution in [-0.2, 0) is 9.59 Å². The first-order valence-corrected chi connectivity index (χ1v) is 6.20. The van der Waals surface area contributed by atoms with E-state index in [1.807, 2.05) is 20.8 Å². The van der Waals surface area contributed by atoms with Gasteiger partial charge in [0.15, 0.2) is 0 Å². The third-order valence-corrected chi connectivity index (χ3v) is 2.39. The van der Waals surface area contributed by atoms with Crippen LogP contribution >= 0.6 is 0 Å². The molecule has 0 aromatic carbocycles. The number of hydrogen-bond acceptors (Lipinski definition) is 3. The van der Waals surface area contributed by atoms with Gasteiger partial charge in [0.25, 0.3) is 0 Å². The number of carbonyl (C=O) groups is 3. The molecule has 0 bridgehead atoms. The monoisotopic (exact) mass is 258 g/mol. The Morgan fingerprint density at radius 3 is 2.28 bits per heavy atom. The van der Waals surface area contributed by atoms with Crippen LogP contribution in [0.1, 0.15) is 46.5 Å². The molecule has 0 radical (unpaired) electrons. The van der Waals surface area contributed by atoms with Crippen molar-refractivity contribution in [3.63, 3.8) is 0 Å². The average molecular weight is 258 g/mol. The summed E-state index contributed by atoms with van der Waals surface area (Å²) in [5.74, 6) is -1.37. The normalized spacial score (nSPS) is 10.2. The number of rotatable bonds is 7. The maximum Gasteiger partial charge on any atom is 0.324 e. The first-order valence-electron chi connectivity index (χ1n) is 6.20. The number of imide groups is 1. The molecule has 2 N–H and O–H groups in total. The van der Waals surface area contributed by atoms with E-state index in [2.05, 4.69) is 5.32 Å². The number of carboxylic acids is 1. The minimum absolute atomic E-state index is 0.0248. The molecule has 0 aliphatic carbocycles. The van der Waals surface area contributed by atoms with Gasteiger partial charge < -0.3 is 10.0 Å². The summed E-state index contributed by atoms with van der Waals surface area (Å²) in [4.78, 5) is 35.0. The molecule has 0 saturated heterocycles. The highest BCUT2D eigenvalue weighted by Gasteiger charge is 2.17. The van der Waals surface area contributed by atoms with E-state index >= 15 is 0 Å². The standard InChI is InChI=1S/C12H22N2O4/c1-4-8-14(9(2)3)12(18)13-10(15)6-5-7-11(16)17/h9H,4-8H2,1-3H3,(H,16,17)(H,13,15,18). The molecule has 0 aromatic rings. The Balaban J connectivity index is 4.11. The summed E-state index contributed by atoms with van der Waals surface area (Å²) in [5, 5.41) is 10.7. The van der Waals surface area contributed by atoms with Gasteiger partial charge >= 0.3 is 12.0 Å². The van der Waals surface area contributed by atoms with E-state index in [1.165, 1.54) is 0 Å². The Morgan fingerprint density at radius 2 is 1.83 bits per heavy atom. The number of hydrogen-bond donors (Lipinski definition) is 2. The smallest absolute Gasteiger partial charge is 0.324 e. The molecule has 6 heteroatoms. The number of carboxylic acid groups (broad SMARTS) is 1. The van der Waals surface area contributed by atoms with E-state index in [1.54, 1.807) is 4.90 Å². The Hall–Kier alpha value is -1.59. The second kappa shape index (κ2) is 8.49. The van der Waals surface area contributed by atoms with Crippen LogP contribution in [-0.4, -0.2) is 40.5 Å². The quantitative estimate of drug-likeness (QED) is 0.726. The molecule has 0 aliphatic heterocycles. The molecule has 0 aromatic heterocycles. The van der Waals surface area contributed by atoms with Crippen LogP contribution in [0.25, 0.3) is 0 Å². The average Bonchev–Trinajstić information content (AvgIpc) is 2.24. The summed E-state index contributed by atoms with van der Waals surface area (Å²) in [6, 6.07) is -0.385. The van der Waals surface area contributed by atoms with E-state index in [0.717, 1.165) is 6.42 Å². The highest BCUT2D eigenvalue weighted by molar-refractivity contribution is 5.94. The Kier molecular flexibility index (Phi) is 7.74. The second-order valence-electron chi connectivity index (χ2n) is 4.39. The first kappa shape index (κ1) is 16.4. The minimum Gasteiger partial charge on any atom is -0.481 e. The van der Waals surface area contributed by atoms with Crippen LogP contribution in [0.5, 0.6) is 0 Å². The highest BCUT2D eigenvalue weighted by Crippen LogP contribution is 2.01. The predicted molar refractivity (Wildman–Crippen MR) is 67.2 cm³/mol. The number of carbonyl (C=O) groups excluding carboxylic acids is 2. The van der Waals surface area contributed by atoms with Crippen LogP contribution in [0.15, 0.2) is 0 Å². The molecule has 3 amide bonds. The molecule has 18 heavy (non-hydrogen) atoms. The largest absolute Gasteiger partial charge is 0.481 e. The molecule has 0 spiro atoms. The molecule has 0 atom stereocenters. The van der Waals surface area contributed by atoms with Gasteiger partial charge in [-0.15, -0.1) is 0 Å². The number of aliphatic carboxylic acids is 1. The Bertz CT molecular complexity index is 302. The van der Waals surface area contributed by atoms with Crippen molar-refractivity contribution in [3.05, 3.63) is 0 Å². The SMILES string of the molecule is CCCN(C(=O)NC(=O)CCCC(=O)O)C(C)C. The summed E-state index contributed by atoms with van der Waals surface area (Å²) in [5.41, 5.74) is 0. The number of nitrogens with one attached hydrogen (secondary N) is 1. The van der Waals surface area contributed by atoms with Crippen molar-refractivity contribution < 1.29 is 19.5 Å². The lowest BCUT2D eigenvalue weighted by atomic mass is 10.2. The summed E-state index contributed by atoms with van der Waals surface area (Å²) in [7, 11) is 0. The number of nitrogens with zero attached hydrogens (tertiary/aromatic N) is 1. The molecular weight excluding hydrogens is 236 g/mol. The third-order valence-electron chi connectivity index (χ3n) is 2.39. The summed E-state index contributed by atoms with van der Waals surface area (Å²) in [6.07, 6.45) is 1.04. The van der Waals surface area contributed by atoms with E-state index in [4.69, 9.17) is 5.11 Å². The molecule has 0 aliphatic rings. The van der Waals surface area contributed by atoms with E-state index in [-0.39, 0.29) is 25.3 Å². The molecule has 0 rings (SSSR count). The third kappa shape index (κ3) is 6.88. The van der Waals surface area contributed by atoms with E-state index in [0.29, 0.717) is 6.54 Å². The summed E-state index contributed by atoms with van der Waals surface area (Å²) >= 11 is 0. The first-order chi connectivity index (χ1) is 8.38. The van der Waals surface area contributed by atoms with Crippen molar-refractivity contribution in [2.45, 2.75) is 52.5 Å². The zero-order chi connectivity index (χ0) is 14.1. The Labute approximate surface area is 107 Å². The zero-order valence-corrected chi connectivity index (χ0v) is 11.2. The van der Waals surface area contributed by atoms with Gasteiger partial charge in [-0.25, -0.2) is 4.79 Å². The van der Waals surface area contributed by atoms with Crippen LogP contribution in [0.2, 0.25) is 0 Å². The van der Waals surface area contributed by atoms with E-state index < -0.39 is 17.9 Å². The highest BCUT2D eigenvalue weighted by atomic mass is 16.4. The lowest BCUT2D eigenvalue weighted by molar-refractivity contribution is -0.137. The van der Waals surface area contributed by atoms with Crippen LogP contribution in [0, 0.1) is 0 Å². The van der Waals surface area contributed by atoms with Crippen molar-refractivity contribution >= 4 is 17.9 Å². The van der Waals surface area contributed by atoms with Gasteiger partial charge in [-0.1, -0.05) is 6.92 Å². The zero-order valence-electron chi connectivity index (χ0n) is 11.2. The maximum absolute atomic E-state index is 11.8. The van der Waals surface area contributed by atoms with Gasteiger partial charge in [-0.05, 0) is 26.7 Å². The maximum atomic E-state index is 11.8. The number of urea groups is 1. The van der Waals surface area contributed by atoms with Crippen molar-refractivity contribution in [1.29, 1.82) is 0 Å². The van der Waals surface area contributed by atoms with Gasteiger partial charge in [-0.2, -0.15) is 0 Å². The number of amides is 3. The lowest BCUT2D eigenvalue weighted by Crippen LogP contribution is -2.46. The van der Waals surface area contributed by atoms with E-state index in [9.17, 15) is 14.4 Å². The van der Waals surface area contributed by atoms with Gasteiger partial charge in [0.05, 0.1) is 0 Å². The molecule has 6 nitrogen and oxygen atoms in total. The van der Waals surface area contributed by atoms with Crippen molar-refractivity contribution in [2.24, 2.45) is 0 Å². The summed E-state index contributed by atoms with van der Waals surface area (Å²) < 4.78 is 0. The molecular formula is C12H22N2O4. The second-order valence-corrected chi connectivity index (χ2v) is 4.39. The molecule has 0 unspecified atom stereocenters. The molecule has 0 saturated carbocycles. The molecule has 0 heterocycles. The molecule has 104 valence electrons. The van der Waals surface area contributed by atoms with Gasteiger partial charge in [0.2, 0.25) is 5.91 Å².